The zero-order valence-corrected chi connectivity index (χ0v) is 12.6. The highest BCUT2D eigenvalue weighted by Crippen LogP contribution is 2.10. The first-order valence-corrected chi connectivity index (χ1v) is 6.55. The monoisotopic (exact) mass is 303 g/mol. The van der Waals surface area contributed by atoms with Gasteiger partial charge >= 0.3 is 18.1 Å². The van der Waals surface area contributed by atoms with Gasteiger partial charge in [-0.2, -0.15) is 9.97 Å². The van der Waals surface area contributed by atoms with E-state index in [-0.39, 0.29) is 24.6 Å². The van der Waals surface area contributed by atoms with E-state index >= 15 is 0 Å². The Morgan fingerprint density at radius 2 is 1.82 bits per heavy atom. The molecule has 0 bridgehead atoms. The van der Waals surface area contributed by atoms with Crippen molar-refractivity contribution in [3.8, 4) is 12.0 Å². The van der Waals surface area contributed by atoms with Gasteiger partial charge in [-0.1, -0.05) is 12.1 Å². The second-order valence-corrected chi connectivity index (χ2v) is 4.40. The van der Waals surface area contributed by atoms with Crippen molar-refractivity contribution < 1.29 is 14.3 Å². The first kappa shape index (κ1) is 15.5. The van der Waals surface area contributed by atoms with E-state index in [9.17, 15) is 4.79 Å². The van der Waals surface area contributed by atoms with Gasteiger partial charge in [0.05, 0.1) is 20.8 Å². The van der Waals surface area contributed by atoms with E-state index in [0.717, 1.165) is 5.56 Å². The number of nitrogens with one attached hydrogen (secondary N) is 2. The Hall–Kier alpha value is -2.90. The van der Waals surface area contributed by atoms with Crippen LogP contribution in [0.2, 0.25) is 0 Å². The molecule has 8 heteroatoms. The Bertz CT molecular complexity index is 640. The molecule has 22 heavy (non-hydrogen) atoms. The minimum Gasteiger partial charge on any atom is -0.467 e. The minimum atomic E-state index is -0.357. The Kier molecular flexibility index (Phi) is 5.07. The quantitative estimate of drug-likeness (QED) is 0.869. The molecule has 0 aliphatic rings. The Morgan fingerprint density at radius 3 is 2.41 bits per heavy atom. The maximum absolute atomic E-state index is 11.9. The van der Waals surface area contributed by atoms with Crippen molar-refractivity contribution in [3.63, 3.8) is 0 Å². The van der Waals surface area contributed by atoms with Gasteiger partial charge in [0.1, 0.15) is 0 Å². The van der Waals surface area contributed by atoms with Gasteiger partial charge in [-0.15, -0.1) is 4.98 Å². The van der Waals surface area contributed by atoms with Crippen LogP contribution in [-0.4, -0.2) is 35.2 Å². The standard InChI is InChI=1S/C14H17N5O3/c1-9-5-4-6-10(7-9)16-12(20)15-8-11-17-13(21-2)19-14(18-11)22-3/h4-7H,8H2,1-3H3,(H2,15,16,20). The number of nitrogens with zero attached hydrogens (tertiary/aromatic N) is 3. The number of carbonyl (C=O) groups excluding carboxylic acids is 1. The van der Waals surface area contributed by atoms with Crippen LogP contribution >= 0.6 is 0 Å². The predicted octanol–water partition coefficient (Wildman–Crippen LogP) is 1.52. The second-order valence-electron chi connectivity index (χ2n) is 4.40. The van der Waals surface area contributed by atoms with Gasteiger partial charge < -0.3 is 20.1 Å². The molecule has 2 N–H and O–H groups in total. The molecule has 0 unspecified atom stereocenters. The number of rotatable bonds is 5. The molecule has 0 fully saturated rings. The van der Waals surface area contributed by atoms with Crippen LogP contribution in [0.1, 0.15) is 11.4 Å². The maximum atomic E-state index is 11.9. The fourth-order valence-corrected chi connectivity index (χ4v) is 1.70. The lowest BCUT2D eigenvalue weighted by Gasteiger charge is -2.08. The number of benzene rings is 1. The van der Waals surface area contributed by atoms with Crippen molar-refractivity contribution in [2.24, 2.45) is 0 Å². The summed E-state index contributed by atoms with van der Waals surface area (Å²) in [6, 6.07) is 7.39. The lowest BCUT2D eigenvalue weighted by atomic mass is 10.2. The fourth-order valence-electron chi connectivity index (χ4n) is 1.70. The Morgan fingerprint density at radius 1 is 1.14 bits per heavy atom. The molecule has 0 saturated carbocycles. The molecule has 116 valence electrons. The Labute approximate surface area is 127 Å². The summed E-state index contributed by atoms with van der Waals surface area (Å²) in [5, 5.41) is 5.38. The van der Waals surface area contributed by atoms with Crippen LogP contribution in [0.25, 0.3) is 0 Å². The van der Waals surface area contributed by atoms with E-state index in [0.29, 0.717) is 11.5 Å². The number of ether oxygens (including phenoxy) is 2. The molecule has 0 aliphatic heterocycles. The highest BCUT2D eigenvalue weighted by molar-refractivity contribution is 5.89. The van der Waals surface area contributed by atoms with Crippen molar-refractivity contribution in [2.45, 2.75) is 13.5 Å². The van der Waals surface area contributed by atoms with Crippen LogP contribution in [-0.2, 0) is 6.54 Å². The van der Waals surface area contributed by atoms with Gasteiger partial charge in [-0.25, -0.2) is 4.79 Å². The van der Waals surface area contributed by atoms with Crippen molar-refractivity contribution in [1.29, 1.82) is 0 Å². The number of aromatic nitrogens is 3. The summed E-state index contributed by atoms with van der Waals surface area (Å²) in [7, 11) is 2.88. The van der Waals surface area contributed by atoms with Gasteiger partial charge in [0.2, 0.25) is 0 Å². The third kappa shape index (κ3) is 4.30. The molecule has 1 heterocycles. The predicted molar refractivity (Wildman–Crippen MR) is 80.0 cm³/mol. The fraction of sp³-hybridized carbons (Fsp3) is 0.286. The number of hydrogen-bond donors (Lipinski definition) is 2. The molecule has 0 saturated heterocycles. The molecule has 2 amide bonds. The number of amides is 2. The van der Waals surface area contributed by atoms with Crippen LogP contribution in [0.4, 0.5) is 10.5 Å². The van der Waals surface area contributed by atoms with Crippen molar-refractivity contribution in [3.05, 3.63) is 35.7 Å². The molecule has 1 aromatic carbocycles. The largest absolute Gasteiger partial charge is 0.467 e. The van der Waals surface area contributed by atoms with E-state index in [1.807, 2.05) is 31.2 Å². The molecule has 2 rings (SSSR count). The smallest absolute Gasteiger partial charge is 0.322 e. The van der Waals surface area contributed by atoms with E-state index in [4.69, 9.17) is 9.47 Å². The zero-order valence-electron chi connectivity index (χ0n) is 12.6. The van der Waals surface area contributed by atoms with Gasteiger partial charge in [0, 0.05) is 5.69 Å². The van der Waals surface area contributed by atoms with Crippen LogP contribution in [0, 0.1) is 6.92 Å². The van der Waals surface area contributed by atoms with Crippen molar-refractivity contribution in [2.75, 3.05) is 19.5 Å². The summed E-state index contributed by atoms with van der Waals surface area (Å²) in [6.07, 6.45) is 0. The highest BCUT2D eigenvalue weighted by atomic mass is 16.5. The van der Waals surface area contributed by atoms with E-state index in [1.54, 1.807) is 0 Å². The summed E-state index contributed by atoms with van der Waals surface area (Å²) < 4.78 is 9.88. The summed E-state index contributed by atoms with van der Waals surface area (Å²) in [6.45, 7) is 2.07. The first-order chi connectivity index (χ1) is 10.6. The molecule has 1 aromatic heterocycles. The molecular weight excluding hydrogens is 286 g/mol. The van der Waals surface area contributed by atoms with Crippen molar-refractivity contribution >= 4 is 11.7 Å². The van der Waals surface area contributed by atoms with E-state index in [1.165, 1.54) is 14.2 Å². The van der Waals surface area contributed by atoms with Gasteiger partial charge in [0.15, 0.2) is 5.82 Å². The Balaban J connectivity index is 1.96. The van der Waals surface area contributed by atoms with E-state index in [2.05, 4.69) is 25.6 Å². The number of carbonyl (C=O) groups is 1. The lowest BCUT2D eigenvalue weighted by molar-refractivity contribution is 0.251. The van der Waals surface area contributed by atoms with Gasteiger partial charge in [-0.3, -0.25) is 0 Å². The van der Waals surface area contributed by atoms with Crippen LogP contribution in [0.3, 0.4) is 0 Å². The summed E-state index contributed by atoms with van der Waals surface area (Å²) in [5.74, 6) is 0.336. The number of anilines is 1. The first-order valence-electron chi connectivity index (χ1n) is 6.55. The number of hydrogen-bond acceptors (Lipinski definition) is 6. The summed E-state index contributed by atoms with van der Waals surface area (Å²) >= 11 is 0. The average Bonchev–Trinajstić information content (AvgIpc) is 2.52. The van der Waals surface area contributed by atoms with Crippen molar-refractivity contribution in [1.82, 2.24) is 20.3 Å². The SMILES string of the molecule is COc1nc(CNC(=O)Nc2cccc(C)c2)nc(OC)n1. The maximum Gasteiger partial charge on any atom is 0.322 e. The molecule has 2 aromatic rings. The van der Waals surface area contributed by atoms with E-state index < -0.39 is 0 Å². The van der Waals surface area contributed by atoms with Crippen LogP contribution in [0.5, 0.6) is 12.0 Å². The second kappa shape index (κ2) is 7.21. The summed E-state index contributed by atoms with van der Waals surface area (Å²) in [4.78, 5) is 23.8. The third-order valence-electron chi connectivity index (χ3n) is 2.69. The normalized spacial score (nSPS) is 9.95. The highest BCUT2D eigenvalue weighted by Gasteiger charge is 2.08. The van der Waals surface area contributed by atoms with Gasteiger partial charge in [0.25, 0.3) is 0 Å². The van der Waals surface area contributed by atoms with Gasteiger partial charge in [-0.05, 0) is 24.6 Å². The molecule has 0 spiro atoms. The lowest BCUT2D eigenvalue weighted by Crippen LogP contribution is -2.29. The average molecular weight is 303 g/mol. The minimum absolute atomic E-state index is 0.118. The number of aryl methyl sites for hydroxylation is 1. The molecule has 0 radical (unpaired) electrons. The van der Waals surface area contributed by atoms with Crippen LogP contribution in [0.15, 0.2) is 24.3 Å². The molecule has 0 atom stereocenters. The third-order valence-corrected chi connectivity index (χ3v) is 2.69. The summed E-state index contributed by atoms with van der Waals surface area (Å²) in [5.41, 5.74) is 1.77. The van der Waals surface area contributed by atoms with Crippen LogP contribution < -0.4 is 20.1 Å². The number of urea groups is 1. The molecular formula is C14H17N5O3. The molecule has 0 aliphatic carbocycles. The topological polar surface area (TPSA) is 98.3 Å². The number of methoxy groups -OCH3 is 2. The molecule has 8 nitrogen and oxygen atoms in total. The zero-order chi connectivity index (χ0) is 15.9.